The highest BCUT2D eigenvalue weighted by atomic mass is 16.3. The minimum absolute atomic E-state index is 0.160. The second-order valence-electron chi connectivity index (χ2n) is 5.93. The molecule has 1 fully saturated rings. The van der Waals surface area contributed by atoms with Gasteiger partial charge in [0.15, 0.2) is 0 Å². The summed E-state index contributed by atoms with van der Waals surface area (Å²) in [5.74, 6) is 0.739. The van der Waals surface area contributed by atoms with Gasteiger partial charge in [-0.1, -0.05) is 30.3 Å². The Kier molecular flexibility index (Phi) is 5.15. The van der Waals surface area contributed by atoms with E-state index in [1.165, 1.54) is 0 Å². The third-order valence-electron chi connectivity index (χ3n) is 3.96. The van der Waals surface area contributed by atoms with Crippen LogP contribution in [0.2, 0.25) is 0 Å². The summed E-state index contributed by atoms with van der Waals surface area (Å²) >= 11 is 0. The van der Waals surface area contributed by atoms with Crippen molar-refractivity contribution in [2.45, 2.75) is 6.42 Å². The monoisotopic (exact) mass is 276 g/mol. The molecule has 0 aromatic heterocycles. The number of likely N-dealkylation sites (tertiary alicyclic amines) is 1. The van der Waals surface area contributed by atoms with Gasteiger partial charge in [0.05, 0.1) is 6.42 Å². The molecule has 0 aliphatic carbocycles. The van der Waals surface area contributed by atoms with Gasteiger partial charge >= 0.3 is 0 Å². The number of hydrogen-bond donors (Lipinski definition) is 1. The maximum Gasteiger partial charge on any atom is 0.227 e. The van der Waals surface area contributed by atoms with Crippen molar-refractivity contribution in [2.75, 3.05) is 40.3 Å². The number of rotatable bonds is 5. The number of carbonyl (C=O) groups is 1. The van der Waals surface area contributed by atoms with E-state index in [0.717, 1.165) is 18.7 Å². The van der Waals surface area contributed by atoms with Crippen LogP contribution in [0.15, 0.2) is 30.3 Å². The zero-order chi connectivity index (χ0) is 14.5. The van der Waals surface area contributed by atoms with Gasteiger partial charge in [0, 0.05) is 32.2 Å². The molecule has 2 atom stereocenters. The lowest BCUT2D eigenvalue weighted by atomic mass is 9.97. The number of hydrogen-bond acceptors (Lipinski definition) is 3. The van der Waals surface area contributed by atoms with E-state index in [0.29, 0.717) is 18.9 Å². The zero-order valence-corrected chi connectivity index (χ0v) is 12.3. The van der Waals surface area contributed by atoms with E-state index >= 15 is 0 Å². The predicted octanol–water partition coefficient (Wildman–Crippen LogP) is 0.858. The first kappa shape index (κ1) is 15.0. The van der Waals surface area contributed by atoms with Gasteiger partial charge in [-0.15, -0.1) is 0 Å². The molecule has 0 radical (unpaired) electrons. The fourth-order valence-electron chi connectivity index (χ4n) is 2.91. The van der Waals surface area contributed by atoms with Gasteiger partial charge in [0.25, 0.3) is 0 Å². The average molecular weight is 276 g/mol. The first-order chi connectivity index (χ1) is 9.60. The van der Waals surface area contributed by atoms with Crippen molar-refractivity contribution in [2.24, 2.45) is 11.8 Å². The maximum absolute atomic E-state index is 12.3. The van der Waals surface area contributed by atoms with Crippen molar-refractivity contribution < 1.29 is 9.90 Å². The highest BCUT2D eigenvalue weighted by Crippen LogP contribution is 2.24. The fourth-order valence-corrected chi connectivity index (χ4v) is 2.91. The normalized spacial score (nSPS) is 22.5. The van der Waals surface area contributed by atoms with Gasteiger partial charge in [-0.05, 0) is 25.6 Å². The van der Waals surface area contributed by atoms with Crippen LogP contribution in [-0.2, 0) is 11.2 Å². The van der Waals surface area contributed by atoms with Gasteiger partial charge < -0.3 is 14.9 Å². The highest BCUT2D eigenvalue weighted by Gasteiger charge is 2.34. The van der Waals surface area contributed by atoms with Crippen LogP contribution in [-0.4, -0.2) is 61.2 Å². The second-order valence-corrected chi connectivity index (χ2v) is 5.93. The van der Waals surface area contributed by atoms with Gasteiger partial charge in [-0.3, -0.25) is 4.79 Å². The standard InChI is InChI=1S/C16H24N2O2/c1-17(2)9-14-10-18(11-15(14)12-19)16(20)8-13-6-4-3-5-7-13/h3-7,14-15,19H,8-12H2,1-2H3/t14-,15-/m1/s1. The SMILES string of the molecule is CN(C)C[C@@H]1CN(C(=O)Cc2ccccc2)C[C@@H]1CO. The molecule has 1 saturated heterocycles. The number of nitrogens with zero attached hydrogens (tertiary/aromatic N) is 2. The van der Waals surface area contributed by atoms with E-state index in [1.54, 1.807) is 0 Å². The zero-order valence-electron chi connectivity index (χ0n) is 12.3. The molecule has 0 saturated carbocycles. The quantitative estimate of drug-likeness (QED) is 0.867. The summed E-state index contributed by atoms with van der Waals surface area (Å²) in [7, 11) is 4.06. The number of aliphatic hydroxyl groups is 1. The Labute approximate surface area is 121 Å². The van der Waals surface area contributed by atoms with Crippen LogP contribution in [0, 0.1) is 11.8 Å². The van der Waals surface area contributed by atoms with Crippen LogP contribution in [0.5, 0.6) is 0 Å². The molecule has 0 spiro atoms. The molecule has 1 aliphatic rings. The van der Waals surface area contributed by atoms with Gasteiger partial charge in [-0.25, -0.2) is 0 Å². The summed E-state index contributed by atoms with van der Waals surface area (Å²) in [6, 6.07) is 9.83. The molecular formula is C16H24N2O2. The third kappa shape index (κ3) is 3.81. The molecule has 1 N–H and O–H groups in total. The lowest BCUT2D eigenvalue weighted by molar-refractivity contribution is -0.129. The third-order valence-corrected chi connectivity index (χ3v) is 3.96. The van der Waals surface area contributed by atoms with Gasteiger partial charge in [0.1, 0.15) is 0 Å². The van der Waals surface area contributed by atoms with Crippen molar-refractivity contribution in [3.05, 3.63) is 35.9 Å². The molecule has 4 nitrogen and oxygen atoms in total. The molecular weight excluding hydrogens is 252 g/mol. The molecule has 4 heteroatoms. The van der Waals surface area contributed by atoms with Crippen LogP contribution in [0.3, 0.4) is 0 Å². The van der Waals surface area contributed by atoms with Crippen molar-refractivity contribution in [1.82, 2.24) is 9.80 Å². The number of amides is 1. The molecule has 1 aromatic carbocycles. The summed E-state index contributed by atoms with van der Waals surface area (Å²) in [4.78, 5) is 16.4. The topological polar surface area (TPSA) is 43.8 Å². The number of aliphatic hydroxyl groups excluding tert-OH is 1. The van der Waals surface area contributed by atoms with Crippen molar-refractivity contribution >= 4 is 5.91 Å². The van der Waals surface area contributed by atoms with E-state index in [-0.39, 0.29) is 18.4 Å². The lowest BCUT2D eigenvalue weighted by Crippen LogP contribution is -2.31. The Morgan fingerprint density at radius 3 is 2.50 bits per heavy atom. The number of carbonyl (C=O) groups excluding carboxylic acids is 1. The molecule has 2 rings (SSSR count). The van der Waals surface area contributed by atoms with E-state index in [1.807, 2.05) is 49.3 Å². The van der Waals surface area contributed by atoms with E-state index in [2.05, 4.69) is 4.90 Å². The van der Waals surface area contributed by atoms with Crippen molar-refractivity contribution in [1.29, 1.82) is 0 Å². The summed E-state index contributed by atoms with van der Waals surface area (Å²) < 4.78 is 0. The van der Waals surface area contributed by atoms with Crippen LogP contribution in [0.4, 0.5) is 0 Å². The van der Waals surface area contributed by atoms with Crippen molar-refractivity contribution in [3.63, 3.8) is 0 Å². The van der Waals surface area contributed by atoms with Crippen molar-refractivity contribution in [3.8, 4) is 0 Å². The molecule has 0 unspecified atom stereocenters. The Bertz CT molecular complexity index is 433. The summed E-state index contributed by atoms with van der Waals surface area (Å²) in [6.45, 7) is 2.52. The molecule has 1 aromatic rings. The van der Waals surface area contributed by atoms with E-state index in [4.69, 9.17) is 0 Å². The Morgan fingerprint density at radius 1 is 1.25 bits per heavy atom. The predicted molar refractivity (Wildman–Crippen MR) is 79.3 cm³/mol. The molecule has 1 aliphatic heterocycles. The van der Waals surface area contributed by atoms with Crippen LogP contribution in [0.1, 0.15) is 5.56 Å². The van der Waals surface area contributed by atoms with Crippen LogP contribution >= 0.6 is 0 Å². The molecule has 20 heavy (non-hydrogen) atoms. The summed E-state index contributed by atoms with van der Waals surface area (Å²) in [5, 5.41) is 9.48. The van der Waals surface area contributed by atoms with Crippen LogP contribution in [0.25, 0.3) is 0 Å². The highest BCUT2D eigenvalue weighted by molar-refractivity contribution is 5.79. The van der Waals surface area contributed by atoms with E-state index in [9.17, 15) is 9.90 Å². The minimum Gasteiger partial charge on any atom is -0.396 e. The van der Waals surface area contributed by atoms with Crippen LogP contribution < -0.4 is 0 Å². The molecule has 1 heterocycles. The maximum atomic E-state index is 12.3. The Hall–Kier alpha value is -1.39. The largest absolute Gasteiger partial charge is 0.396 e. The average Bonchev–Trinajstić information content (AvgIpc) is 2.82. The number of benzene rings is 1. The summed E-state index contributed by atoms with van der Waals surface area (Å²) in [5.41, 5.74) is 1.05. The lowest BCUT2D eigenvalue weighted by Gasteiger charge is -2.20. The molecule has 110 valence electrons. The molecule has 0 bridgehead atoms. The van der Waals surface area contributed by atoms with Gasteiger partial charge in [0.2, 0.25) is 5.91 Å². The summed E-state index contributed by atoms with van der Waals surface area (Å²) in [6.07, 6.45) is 0.452. The Morgan fingerprint density at radius 2 is 1.90 bits per heavy atom. The second kappa shape index (κ2) is 6.86. The first-order valence-corrected chi connectivity index (χ1v) is 7.17. The smallest absolute Gasteiger partial charge is 0.227 e. The fraction of sp³-hybridized carbons (Fsp3) is 0.562. The first-order valence-electron chi connectivity index (χ1n) is 7.17. The minimum atomic E-state index is 0.160. The Balaban J connectivity index is 1.94. The molecule has 1 amide bonds. The van der Waals surface area contributed by atoms with E-state index < -0.39 is 0 Å². The van der Waals surface area contributed by atoms with Gasteiger partial charge in [-0.2, -0.15) is 0 Å².